The summed E-state index contributed by atoms with van der Waals surface area (Å²) < 4.78 is 2.38. The molecule has 5 heteroatoms. The molecule has 218 valence electrons. The molecule has 0 aliphatic heterocycles. The van der Waals surface area contributed by atoms with Crippen molar-refractivity contribution >= 4 is 74.6 Å². The first-order chi connectivity index (χ1) is 23.3. The van der Waals surface area contributed by atoms with E-state index >= 15 is 0 Å². The number of hydrogen-bond acceptors (Lipinski definition) is 5. The maximum atomic E-state index is 5.30. The number of aromatic nitrogens is 4. The number of hydrogen-bond donors (Lipinski definition) is 0. The van der Waals surface area contributed by atoms with Crippen LogP contribution in [-0.2, 0) is 0 Å². The van der Waals surface area contributed by atoms with Crippen LogP contribution in [0, 0.1) is 0 Å². The molecule has 0 bridgehead atoms. The van der Waals surface area contributed by atoms with E-state index in [4.69, 9.17) is 15.0 Å². The van der Waals surface area contributed by atoms with Gasteiger partial charge in [0.2, 0.25) is 0 Å². The van der Waals surface area contributed by atoms with Gasteiger partial charge in [0.15, 0.2) is 17.5 Å². The Balaban J connectivity index is 1.30. The van der Waals surface area contributed by atoms with Crippen LogP contribution in [0.3, 0.4) is 0 Å². The van der Waals surface area contributed by atoms with Gasteiger partial charge in [0.25, 0.3) is 0 Å². The minimum atomic E-state index is 0.651. The van der Waals surface area contributed by atoms with Crippen molar-refractivity contribution in [2.45, 2.75) is 0 Å². The highest BCUT2D eigenvalue weighted by atomic mass is 32.1. The lowest BCUT2D eigenvalue weighted by Gasteiger charge is -2.13. The molecule has 0 saturated carbocycles. The van der Waals surface area contributed by atoms with Gasteiger partial charge >= 0.3 is 0 Å². The van der Waals surface area contributed by atoms with Crippen molar-refractivity contribution < 1.29 is 0 Å². The van der Waals surface area contributed by atoms with E-state index in [1.54, 1.807) is 11.3 Å². The van der Waals surface area contributed by atoms with Crippen molar-refractivity contribution in [3.63, 3.8) is 0 Å². The molecule has 47 heavy (non-hydrogen) atoms. The van der Waals surface area contributed by atoms with Crippen molar-refractivity contribution in [3.05, 3.63) is 146 Å². The van der Waals surface area contributed by atoms with Crippen molar-refractivity contribution in [1.82, 2.24) is 19.9 Å². The fourth-order valence-electron chi connectivity index (χ4n) is 6.96. The predicted octanol–water partition coefficient (Wildman–Crippen LogP) is 11.2. The average Bonchev–Trinajstić information content (AvgIpc) is 3.53. The van der Waals surface area contributed by atoms with Crippen molar-refractivity contribution in [2.75, 3.05) is 0 Å². The number of rotatable bonds is 3. The SMILES string of the molecule is c1ccc2cc(-c3nc(-c4cc5ccccc5c5ccccc45)nc(-c4cccc5ccc6c7ccncc7sc6c45)n3)ccc2c1. The highest BCUT2D eigenvalue weighted by molar-refractivity contribution is 7.26. The second-order valence-corrected chi connectivity index (χ2v) is 12.9. The number of nitrogens with zero attached hydrogens (tertiary/aromatic N) is 4. The van der Waals surface area contributed by atoms with Crippen molar-refractivity contribution in [3.8, 4) is 34.2 Å². The zero-order chi connectivity index (χ0) is 30.9. The fourth-order valence-corrected chi connectivity index (χ4v) is 8.20. The molecule has 0 spiro atoms. The zero-order valence-electron chi connectivity index (χ0n) is 25.1. The second-order valence-electron chi connectivity index (χ2n) is 11.9. The van der Waals surface area contributed by atoms with E-state index < -0.39 is 0 Å². The summed E-state index contributed by atoms with van der Waals surface area (Å²) in [6, 6.07) is 47.1. The van der Waals surface area contributed by atoms with Gasteiger partial charge < -0.3 is 0 Å². The minimum absolute atomic E-state index is 0.651. The van der Waals surface area contributed by atoms with E-state index in [-0.39, 0.29) is 0 Å². The molecule has 0 fully saturated rings. The van der Waals surface area contributed by atoms with Crippen molar-refractivity contribution in [2.24, 2.45) is 0 Å². The summed E-state index contributed by atoms with van der Waals surface area (Å²) in [6.45, 7) is 0. The molecule has 0 unspecified atom stereocenters. The van der Waals surface area contributed by atoms with Crippen LogP contribution in [-0.4, -0.2) is 19.9 Å². The van der Waals surface area contributed by atoms with Crippen LogP contribution >= 0.6 is 11.3 Å². The highest BCUT2D eigenvalue weighted by Gasteiger charge is 2.19. The molecule has 7 aromatic carbocycles. The van der Waals surface area contributed by atoms with E-state index in [1.807, 2.05) is 12.4 Å². The first kappa shape index (κ1) is 26.2. The molecule has 4 nitrogen and oxygen atoms in total. The molecule has 3 aromatic heterocycles. The van der Waals surface area contributed by atoms with Gasteiger partial charge in [0.05, 0.1) is 4.70 Å². The first-order valence-electron chi connectivity index (χ1n) is 15.6. The molecule has 0 radical (unpaired) electrons. The third kappa shape index (κ3) is 4.14. The summed E-state index contributed by atoms with van der Waals surface area (Å²) in [6.07, 6.45) is 3.82. The maximum absolute atomic E-state index is 5.30. The lowest BCUT2D eigenvalue weighted by Crippen LogP contribution is -2.01. The molecule has 0 N–H and O–H groups in total. The Morgan fingerprint density at radius 1 is 0.426 bits per heavy atom. The van der Waals surface area contributed by atoms with E-state index in [9.17, 15) is 0 Å². The highest BCUT2D eigenvalue weighted by Crippen LogP contribution is 2.42. The number of thiophene rings is 1. The normalized spacial score (nSPS) is 11.8. The summed E-state index contributed by atoms with van der Waals surface area (Å²) in [5.41, 5.74) is 2.93. The Kier molecular flexibility index (Phi) is 5.71. The summed E-state index contributed by atoms with van der Waals surface area (Å²) in [5.74, 6) is 1.96. The van der Waals surface area contributed by atoms with Gasteiger partial charge in [-0.25, -0.2) is 15.0 Å². The summed E-state index contributed by atoms with van der Waals surface area (Å²) >= 11 is 1.77. The molecular weight excluding hydrogens is 593 g/mol. The van der Waals surface area contributed by atoms with Gasteiger partial charge in [-0.05, 0) is 55.9 Å². The Morgan fingerprint density at radius 3 is 2.02 bits per heavy atom. The standard InChI is InChI=1S/C42H24N4S/c1-2-9-27-22-29(17-16-25(27)8-1)40-44-41(35-15-7-11-26-18-19-34-33-20-21-43-24-37(33)47-39(34)38(26)35)46-42(45-40)36-23-28-10-3-4-12-30(28)31-13-5-6-14-32(31)36/h1-24H. The number of benzene rings is 7. The molecule has 0 amide bonds. The quantitative estimate of drug-likeness (QED) is 0.185. The summed E-state index contributed by atoms with van der Waals surface area (Å²) in [5, 5.41) is 11.7. The third-order valence-electron chi connectivity index (χ3n) is 9.18. The Morgan fingerprint density at radius 2 is 1.13 bits per heavy atom. The van der Waals surface area contributed by atoms with Gasteiger partial charge in [-0.2, -0.15) is 0 Å². The van der Waals surface area contributed by atoms with E-state index in [1.165, 1.54) is 36.3 Å². The number of fused-ring (bicyclic) bond motifs is 9. The maximum Gasteiger partial charge on any atom is 0.164 e. The topological polar surface area (TPSA) is 51.6 Å². The van der Waals surface area contributed by atoms with Crippen LogP contribution in [0.4, 0.5) is 0 Å². The molecule has 0 saturated heterocycles. The number of pyridine rings is 1. The summed E-state index contributed by atoms with van der Waals surface area (Å²) in [4.78, 5) is 20.1. The Labute approximate surface area is 273 Å². The Hall–Kier alpha value is -6.04. The van der Waals surface area contributed by atoms with Gasteiger partial charge in [-0.3, -0.25) is 4.98 Å². The van der Waals surface area contributed by atoms with Crippen molar-refractivity contribution in [1.29, 1.82) is 0 Å². The van der Waals surface area contributed by atoms with Crippen LogP contribution in [0.25, 0.3) is 97.4 Å². The fraction of sp³-hybridized carbons (Fsp3) is 0. The minimum Gasteiger partial charge on any atom is -0.263 e. The summed E-state index contributed by atoms with van der Waals surface area (Å²) in [7, 11) is 0. The average molecular weight is 617 g/mol. The van der Waals surface area contributed by atoms with Gasteiger partial charge in [-0.1, -0.05) is 115 Å². The van der Waals surface area contributed by atoms with Crippen LogP contribution in [0.5, 0.6) is 0 Å². The molecule has 10 aromatic rings. The van der Waals surface area contributed by atoms with E-state index in [0.717, 1.165) is 43.6 Å². The van der Waals surface area contributed by atoms with Gasteiger partial charge in [-0.15, -0.1) is 11.3 Å². The zero-order valence-corrected chi connectivity index (χ0v) is 25.9. The lowest BCUT2D eigenvalue weighted by molar-refractivity contribution is 1.08. The third-order valence-corrected chi connectivity index (χ3v) is 10.4. The monoisotopic (exact) mass is 616 g/mol. The van der Waals surface area contributed by atoms with Crippen LogP contribution in [0.15, 0.2) is 146 Å². The first-order valence-corrected chi connectivity index (χ1v) is 16.4. The smallest absolute Gasteiger partial charge is 0.164 e. The molecular formula is C42H24N4S. The van der Waals surface area contributed by atoms with Gasteiger partial charge in [0, 0.05) is 49.9 Å². The molecule has 0 aliphatic carbocycles. The van der Waals surface area contributed by atoms with E-state index in [0.29, 0.717) is 17.5 Å². The molecule has 0 aliphatic rings. The molecule has 3 heterocycles. The molecule has 0 atom stereocenters. The van der Waals surface area contributed by atoms with Crippen LogP contribution in [0.2, 0.25) is 0 Å². The lowest BCUT2D eigenvalue weighted by atomic mass is 9.96. The van der Waals surface area contributed by atoms with Crippen LogP contribution in [0.1, 0.15) is 0 Å². The Bertz CT molecular complexity index is 2870. The molecule has 10 rings (SSSR count). The second kappa shape index (κ2) is 10.2. The van der Waals surface area contributed by atoms with Gasteiger partial charge in [0.1, 0.15) is 0 Å². The van der Waals surface area contributed by atoms with Crippen LogP contribution < -0.4 is 0 Å². The predicted molar refractivity (Wildman–Crippen MR) is 197 cm³/mol. The largest absolute Gasteiger partial charge is 0.263 e. The van der Waals surface area contributed by atoms with E-state index in [2.05, 4.69) is 138 Å².